The van der Waals surface area contributed by atoms with Gasteiger partial charge in [-0.1, -0.05) is 34.1 Å². The predicted molar refractivity (Wildman–Crippen MR) is 62.4 cm³/mol. The molecule has 2 atom stereocenters. The Morgan fingerprint density at radius 2 is 2.13 bits per heavy atom. The number of nitrogens with zero attached hydrogens (tertiary/aromatic N) is 1. The second-order valence-electron chi connectivity index (χ2n) is 5.01. The molecule has 0 radical (unpaired) electrons. The largest absolute Gasteiger partial charge is 0.329 e. The first-order valence-electron chi connectivity index (χ1n) is 6.08. The molecule has 0 aliphatic carbocycles. The molecule has 0 bridgehead atoms. The molecule has 1 N–H and O–H groups in total. The van der Waals surface area contributed by atoms with Crippen LogP contribution in [0.15, 0.2) is 0 Å². The molecule has 0 saturated carbocycles. The predicted octanol–water partition coefficient (Wildman–Crippen LogP) is 1.84. The maximum Gasteiger partial charge on any atom is 0.241 e. The summed E-state index contributed by atoms with van der Waals surface area (Å²) >= 11 is 0. The zero-order valence-corrected chi connectivity index (χ0v) is 10.4. The van der Waals surface area contributed by atoms with E-state index in [-0.39, 0.29) is 6.04 Å². The van der Waals surface area contributed by atoms with E-state index >= 15 is 0 Å². The van der Waals surface area contributed by atoms with Gasteiger partial charge in [0, 0.05) is 6.54 Å². The third-order valence-corrected chi connectivity index (χ3v) is 3.27. The van der Waals surface area contributed by atoms with Gasteiger partial charge in [0.05, 0.1) is 12.7 Å². The second-order valence-corrected chi connectivity index (χ2v) is 5.01. The van der Waals surface area contributed by atoms with Gasteiger partial charge in [-0.05, 0) is 18.3 Å². The lowest BCUT2D eigenvalue weighted by molar-refractivity contribution is -0.129. The van der Waals surface area contributed by atoms with Gasteiger partial charge in [0.1, 0.15) is 0 Å². The van der Waals surface area contributed by atoms with Gasteiger partial charge in [-0.2, -0.15) is 0 Å². The Morgan fingerprint density at radius 3 is 2.67 bits per heavy atom. The van der Waals surface area contributed by atoms with Crippen molar-refractivity contribution in [2.75, 3.05) is 13.2 Å². The molecule has 1 amide bonds. The number of nitrogens with one attached hydrogen (secondary N) is 1. The Balaban J connectivity index is 2.42. The van der Waals surface area contributed by atoms with Crippen molar-refractivity contribution in [1.82, 2.24) is 10.2 Å². The van der Waals surface area contributed by atoms with Crippen LogP contribution in [0.25, 0.3) is 0 Å². The minimum absolute atomic E-state index is 0.0576. The standard InChI is InChI=1S/C12H24N2O/c1-5-10(4)11-12(15)14(8-13-11)7-6-9(2)3/h9-11,13H,5-8H2,1-4H3. The van der Waals surface area contributed by atoms with Crippen molar-refractivity contribution in [3.8, 4) is 0 Å². The highest BCUT2D eigenvalue weighted by atomic mass is 16.2. The van der Waals surface area contributed by atoms with Gasteiger partial charge < -0.3 is 4.90 Å². The lowest BCUT2D eigenvalue weighted by Crippen LogP contribution is -2.36. The molecular weight excluding hydrogens is 188 g/mol. The summed E-state index contributed by atoms with van der Waals surface area (Å²) in [6, 6.07) is 0.0576. The molecule has 1 heterocycles. The fourth-order valence-electron chi connectivity index (χ4n) is 1.85. The van der Waals surface area contributed by atoms with E-state index < -0.39 is 0 Å². The molecule has 0 aromatic rings. The lowest BCUT2D eigenvalue weighted by atomic mass is 9.99. The van der Waals surface area contributed by atoms with Crippen LogP contribution in [0.3, 0.4) is 0 Å². The molecule has 1 fully saturated rings. The maximum absolute atomic E-state index is 12.0. The van der Waals surface area contributed by atoms with E-state index in [0.717, 1.165) is 26.1 Å². The van der Waals surface area contributed by atoms with Crippen molar-refractivity contribution in [3.63, 3.8) is 0 Å². The average molecular weight is 212 g/mol. The Labute approximate surface area is 93.2 Å². The fourth-order valence-corrected chi connectivity index (χ4v) is 1.85. The van der Waals surface area contributed by atoms with Crippen molar-refractivity contribution in [2.45, 2.75) is 46.6 Å². The molecule has 2 unspecified atom stereocenters. The molecule has 88 valence electrons. The van der Waals surface area contributed by atoms with Gasteiger partial charge in [-0.15, -0.1) is 0 Å². The highest BCUT2D eigenvalue weighted by Gasteiger charge is 2.33. The quantitative estimate of drug-likeness (QED) is 0.754. The van der Waals surface area contributed by atoms with Crippen molar-refractivity contribution in [2.24, 2.45) is 11.8 Å². The van der Waals surface area contributed by atoms with E-state index in [2.05, 4.69) is 33.0 Å². The minimum Gasteiger partial charge on any atom is -0.329 e. The normalized spacial score (nSPS) is 23.9. The number of rotatable bonds is 5. The monoisotopic (exact) mass is 212 g/mol. The number of hydrogen-bond donors (Lipinski definition) is 1. The lowest BCUT2D eigenvalue weighted by Gasteiger charge is -2.18. The summed E-state index contributed by atoms with van der Waals surface area (Å²) in [6.45, 7) is 10.3. The van der Waals surface area contributed by atoms with Crippen LogP contribution in [-0.4, -0.2) is 30.1 Å². The first-order chi connectivity index (χ1) is 7.06. The molecule has 1 saturated heterocycles. The molecule has 0 aromatic carbocycles. The van der Waals surface area contributed by atoms with Crippen molar-refractivity contribution >= 4 is 5.91 Å². The third kappa shape index (κ3) is 3.20. The summed E-state index contributed by atoms with van der Waals surface area (Å²) in [5.41, 5.74) is 0. The van der Waals surface area contributed by atoms with E-state index in [1.54, 1.807) is 0 Å². The highest BCUT2D eigenvalue weighted by molar-refractivity contribution is 5.84. The van der Waals surface area contributed by atoms with E-state index in [4.69, 9.17) is 0 Å². The fraction of sp³-hybridized carbons (Fsp3) is 0.917. The van der Waals surface area contributed by atoms with E-state index in [0.29, 0.717) is 17.7 Å². The van der Waals surface area contributed by atoms with Gasteiger partial charge >= 0.3 is 0 Å². The number of carbonyl (C=O) groups excluding carboxylic acids is 1. The number of hydrogen-bond acceptors (Lipinski definition) is 2. The third-order valence-electron chi connectivity index (χ3n) is 3.27. The summed E-state index contributed by atoms with van der Waals surface area (Å²) in [6.07, 6.45) is 2.15. The van der Waals surface area contributed by atoms with E-state index in [1.807, 2.05) is 4.90 Å². The molecule has 1 aliphatic rings. The number of amides is 1. The molecule has 15 heavy (non-hydrogen) atoms. The molecule has 3 nitrogen and oxygen atoms in total. The van der Waals surface area contributed by atoms with E-state index in [9.17, 15) is 4.79 Å². The smallest absolute Gasteiger partial charge is 0.241 e. The minimum atomic E-state index is 0.0576. The summed E-state index contributed by atoms with van der Waals surface area (Å²) < 4.78 is 0. The highest BCUT2D eigenvalue weighted by Crippen LogP contribution is 2.16. The van der Waals surface area contributed by atoms with Crippen LogP contribution in [0, 0.1) is 11.8 Å². The van der Waals surface area contributed by atoms with Gasteiger partial charge in [-0.25, -0.2) is 0 Å². The number of carbonyl (C=O) groups is 1. The zero-order valence-electron chi connectivity index (χ0n) is 10.4. The Bertz CT molecular complexity index is 216. The van der Waals surface area contributed by atoms with Crippen molar-refractivity contribution < 1.29 is 4.79 Å². The van der Waals surface area contributed by atoms with Gasteiger partial charge in [0.2, 0.25) is 5.91 Å². The van der Waals surface area contributed by atoms with Crippen LogP contribution in [0.4, 0.5) is 0 Å². The molecule has 0 spiro atoms. The molecular formula is C12H24N2O. The van der Waals surface area contributed by atoms with Crippen LogP contribution in [0.5, 0.6) is 0 Å². The van der Waals surface area contributed by atoms with Crippen LogP contribution in [-0.2, 0) is 4.79 Å². The summed E-state index contributed by atoms with van der Waals surface area (Å²) in [7, 11) is 0. The molecule has 1 rings (SSSR count). The van der Waals surface area contributed by atoms with Gasteiger partial charge in [-0.3, -0.25) is 10.1 Å². The van der Waals surface area contributed by atoms with Crippen LogP contribution in [0.2, 0.25) is 0 Å². The Kier molecular flexibility index (Phi) is 4.58. The topological polar surface area (TPSA) is 32.3 Å². The van der Waals surface area contributed by atoms with Gasteiger partial charge in [0.25, 0.3) is 0 Å². The Morgan fingerprint density at radius 1 is 1.47 bits per heavy atom. The maximum atomic E-state index is 12.0. The first-order valence-corrected chi connectivity index (χ1v) is 6.08. The zero-order chi connectivity index (χ0) is 11.4. The first kappa shape index (κ1) is 12.5. The Hall–Kier alpha value is -0.570. The SMILES string of the molecule is CCC(C)C1NCN(CCC(C)C)C1=O. The average Bonchev–Trinajstić information content (AvgIpc) is 2.56. The van der Waals surface area contributed by atoms with Crippen molar-refractivity contribution in [3.05, 3.63) is 0 Å². The van der Waals surface area contributed by atoms with Crippen LogP contribution in [0.1, 0.15) is 40.5 Å². The summed E-state index contributed by atoms with van der Waals surface area (Å²) in [5, 5.41) is 3.31. The molecule has 0 aromatic heterocycles. The van der Waals surface area contributed by atoms with Gasteiger partial charge in [0.15, 0.2) is 0 Å². The van der Waals surface area contributed by atoms with Crippen LogP contribution >= 0.6 is 0 Å². The molecule has 1 aliphatic heterocycles. The molecule has 3 heteroatoms. The van der Waals surface area contributed by atoms with E-state index in [1.165, 1.54) is 0 Å². The second kappa shape index (κ2) is 5.50. The summed E-state index contributed by atoms with van der Waals surface area (Å²) in [5.74, 6) is 1.41. The van der Waals surface area contributed by atoms with Crippen LogP contribution < -0.4 is 5.32 Å². The van der Waals surface area contributed by atoms with Crippen molar-refractivity contribution in [1.29, 1.82) is 0 Å². The summed E-state index contributed by atoms with van der Waals surface area (Å²) in [4.78, 5) is 13.9.